The van der Waals surface area contributed by atoms with Crippen LogP contribution in [-0.4, -0.2) is 16.1 Å². The summed E-state index contributed by atoms with van der Waals surface area (Å²) in [5.41, 5.74) is -0.0926. The van der Waals surface area contributed by atoms with Gasteiger partial charge in [-0.25, -0.2) is 4.98 Å². The van der Waals surface area contributed by atoms with Gasteiger partial charge in [-0.2, -0.15) is 0 Å². The zero-order valence-corrected chi connectivity index (χ0v) is 8.46. The highest BCUT2D eigenvalue weighted by atomic mass is 32.1. The Bertz CT molecular complexity index is 371. The molecule has 3 nitrogen and oxygen atoms in total. The molecule has 3 saturated carbocycles. The van der Waals surface area contributed by atoms with E-state index in [9.17, 15) is 4.79 Å². The van der Waals surface area contributed by atoms with E-state index in [-0.39, 0.29) is 11.3 Å². The second kappa shape index (κ2) is 2.57. The van der Waals surface area contributed by atoms with Gasteiger partial charge in [0.2, 0.25) is 0 Å². The number of hydrogen-bond donors (Lipinski definition) is 1. The normalized spacial score (nSPS) is 39.4. The first-order valence-corrected chi connectivity index (χ1v) is 5.75. The van der Waals surface area contributed by atoms with Crippen LogP contribution in [0.5, 0.6) is 0 Å². The quantitative estimate of drug-likeness (QED) is 0.809. The van der Waals surface area contributed by atoms with Gasteiger partial charge in [-0.15, -0.1) is 11.3 Å². The standard InChI is InChI=1S/C10H11NO2S/c12-8(13)7-6-1-2-10(7,5-6)9-11-3-4-14-9/h3-4,6-7H,1-2,5H2,(H,12,13). The van der Waals surface area contributed by atoms with Crippen molar-refractivity contribution in [3.8, 4) is 0 Å². The van der Waals surface area contributed by atoms with E-state index < -0.39 is 5.97 Å². The molecule has 0 radical (unpaired) electrons. The number of aromatic nitrogens is 1. The maximum Gasteiger partial charge on any atom is 0.307 e. The van der Waals surface area contributed by atoms with E-state index in [1.165, 1.54) is 0 Å². The smallest absolute Gasteiger partial charge is 0.307 e. The molecule has 1 heterocycles. The fraction of sp³-hybridized carbons (Fsp3) is 0.600. The third kappa shape index (κ3) is 0.823. The topological polar surface area (TPSA) is 50.2 Å². The van der Waals surface area contributed by atoms with Gasteiger partial charge in [0.05, 0.1) is 10.9 Å². The van der Waals surface area contributed by atoms with Crippen molar-refractivity contribution < 1.29 is 9.90 Å². The van der Waals surface area contributed by atoms with Gasteiger partial charge in [-0.3, -0.25) is 4.79 Å². The zero-order valence-electron chi connectivity index (χ0n) is 7.64. The predicted molar refractivity (Wildman–Crippen MR) is 52.3 cm³/mol. The van der Waals surface area contributed by atoms with Gasteiger partial charge < -0.3 is 5.11 Å². The lowest BCUT2D eigenvalue weighted by Crippen LogP contribution is -2.48. The molecule has 0 amide bonds. The van der Waals surface area contributed by atoms with Gasteiger partial charge in [0.15, 0.2) is 0 Å². The van der Waals surface area contributed by atoms with Crippen LogP contribution in [0.4, 0.5) is 0 Å². The van der Waals surface area contributed by atoms with E-state index in [4.69, 9.17) is 5.11 Å². The molecule has 1 aromatic heterocycles. The van der Waals surface area contributed by atoms with E-state index in [1.54, 1.807) is 17.5 Å². The van der Waals surface area contributed by atoms with Crippen LogP contribution >= 0.6 is 11.3 Å². The van der Waals surface area contributed by atoms with Gasteiger partial charge >= 0.3 is 5.97 Å². The maximum absolute atomic E-state index is 11.1. The summed E-state index contributed by atoms with van der Waals surface area (Å²) >= 11 is 1.60. The Kier molecular flexibility index (Phi) is 1.54. The number of aliphatic carboxylic acids is 1. The second-order valence-electron chi connectivity index (χ2n) is 4.31. The molecule has 3 atom stereocenters. The van der Waals surface area contributed by atoms with Crippen LogP contribution in [0, 0.1) is 11.8 Å². The average molecular weight is 209 g/mol. The molecule has 3 unspecified atom stereocenters. The second-order valence-corrected chi connectivity index (χ2v) is 5.21. The first-order chi connectivity index (χ1) is 6.74. The van der Waals surface area contributed by atoms with Crippen LogP contribution in [0.3, 0.4) is 0 Å². The largest absolute Gasteiger partial charge is 0.481 e. The minimum atomic E-state index is -0.631. The van der Waals surface area contributed by atoms with Crippen molar-refractivity contribution in [1.29, 1.82) is 0 Å². The third-order valence-electron chi connectivity index (χ3n) is 3.78. The van der Waals surface area contributed by atoms with E-state index in [0.29, 0.717) is 5.92 Å². The van der Waals surface area contributed by atoms with Crippen molar-refractivity contribution in [2.75, 3.05) is 0 Å². The van der Waals surface area contributed by atoms with Gasteiger partial charge in [-0.1, -0.05) is 0 Å². The van der Waals surface area contributed by atoms with Gasteiger partial charge in [0.1, 0.15) is 0 Å². The number of nitrogens with zero attached hydrogens (tertiary/aromatic N) is 1. The number of rotatable bonds is 2. The SMILES string of the molecule is O=C(O)C1C2CCC1(c1nccs1)C2. The highest BCUT2D eigenvalue weighted by Gasteiger charge is 2.64. The Morgan fingerprint density at radius 2 is 2.57 bits per heavy atom. The third-order valence-corrected chi connectivity index (χ3v) is 4.77. The van der Waals surface area contributed by atoms with E-state index in [0.717, 1.165) is 24.3 Å². The Balaban J connectivity index is 2.01. The maximum atomic E-state index is 11.1. The molecule has 0 spiro atoms. The number of carboxylic acid groups (broad SMARTS) is 1. The molecular weight excluding hydrogens is 198 g/mol. The first-order valence-electron chi connectivity index (χ1n) is 4.87. The fourth-order valence-corrected chi connectivity index (χ4v) is 4.13. The van der Waals surface area contributed by atoms with Crippen molar-refractivity contribution in [3.05, 3.63) is 16.6 Å². The van der Waals surface area contributed by atoms with E-state index in [2.05, 4.69) is 4.98 Å². The Morgan fingerprint density at radius 1 is 1.71 bits per heavy atom. The zero-order chi connectivity index (χ0) is 9.76. The van der Waals surface area contributed by atoms with E-state index >= 15 is 0 Å². The predicted octanol–water partition coefficient (Wildman–Crippen LogP) is 1.90. The summed E-state index contributed by atoms with van der Waals surface area (Å²) in [5.74, 6) is -0.376. The van der Waals surface area contributed by atoms with Crippen LogP contribution in [0.15, 0.2) is 11.6 Å². The van der Waals surface area contributed by atoms with Crippen molar-refractivity contribution >= 4 is 17.3 Å². The lowest BCUT2D eigenvalue weighted by Gasteiger charge is -2.43. The molecule has 2 bridgehead atoms. The van der Waals surface area contributed by atoms with Crippen molar-refractivity contribution in [2.45, 2.75) is 24.7 Å². The van der Waals surface area contributed by atoms with Crippen LogP contribution in [0.25, 0.3) is 0 Å². The first kappa shape index (κ1) is 8.41. The van der Waals surface area contributed by atoms with Crippen molar-refractivity contribution in [2.24, 2.45) is 11.8 Å². The summed E-state index contributed by atoms with van der Waals surface area (Å²) in [7, 11) is 0. The Hall–Kier alpha value is -0.900. The summed E-state index contributed by atoms with van der Waals surface area (Å²) in [6.07, 6.45) is 4.90. The van der Waals surface area contributed by atoms with Crippen molar-refractivity contribution in [1.82, 2.24) is 4.98 Å². The van der Waals surface area contributed by atoms with Crippen molar-refractivity contribution in [3.63, 3.8) is 0 Å². The minimum absolute atomic E-state index is 0.0926. The molecule has 3 fully saturated rings. The molecule has 14 heavy (non-hydrogen) atoms. The highest BCUT2D eigenvalue weighted by molar-refractivity contribution is 7.09. The molecule has 3 aliphatic carbocycles. The molecule has 0 saturated heterocycles. The molecule has 0 aliphatic heterocycles. The van der Waals surface area contributed by atoms with Gasteiger partial charge in [0.25, 0.3) is 0 Å². The molecule has 4 rings (SSSR count). The molecular formula is C10H11NO2S. The van der Waals surface area contributed by atoms with E-state index in [1.807, 2.05) is 5.38 Å². The molecule has 4 heteroatoms. The average Bonchev–Trinajstić information content (AvgIpc) is 2.77. The Morgan fingerprint density at radius 3 is 3.14 bits per heavy atom. The molecule has 74 valence electrons. The van der Waals surface area contributed by atoms with Gasteiger partial charge in [0, 0.05) is 17.0 Å². The van der Waals surface area contributed by atoms with Crippen LogP contribution in [-0.2, 0) is 10.2 Å². The molecule has 1 N–H and O–H groups in total. The number of hydrogen-bond acceptors (Lipinski definition) is 3. The highest BCUT2D eigenvalue weighted by Crippen LogP contribution is 2.64. The van der Waals surface area contributed by atoms with Gasteiger partial charge in [-0.05, 0) is 25.2 Å². The number of carboxylic acids is 1. The summed E-state index contributed by atoms with van der Waals surface area (Å²) in [4.78, 5) is 15.4. The monoisotopic (exact) mass is 209 g/mol. The Labute approximate surface area is 85.8 Å². The number of thiazole rings is 1. The molecule has 1 aromatic rings. The summed E-state index contributed by atoms with van der Waals surface area (Å²) in [6, 6.07) is 0. The number of carbonyl (C=O) groups is 1. The minimum Gasteiger partial charge on any atom is -0.481 e. The summed E-state index contributed by atoms with van der Waals surface area (Å²) in [6.45, 7) is 0. The van der Waals surface area contributed by atoms with Crippen LogP contribution in [0.2, 0.25) is 0 Å². The number of fused-ring (bicyclic) bond motifs is 1. The lowest BCUT2D eigenvalue weighted by molar-refractivity contribution is -0.150. The van der Waals surface area contributed by atoms with Crippen LogP contribution < -0.4 is 0 Å². The molecule has 0 aromatic carbocycles. The van der Waals surface area contributed by atoms with Crippen LogP contribution in [0.1, 0.15) is 24.3 Å². The summed E-state index contributed by atoms with van der Waals surface area (Å²) in [5, 5.41) is 12.1. The summed E-state index contributed by atoms with van der Waals surface area (Å²) < 4.78 is 0. The lowest BCUT2D eigenvalue weighted by atomic mass is 9.60. The molecule has 3 aliphatic rings. The fourth-order valence-electron chi connectivity index (χ4n) is 3.21.